The lowest BCUT2D eigenvalue weighted by atomic mass is 9.70. The van der Waals surface area contributed by atoms with Gasteiger partial charge in [0.25, 0.3) is 5.79 Å². The van der Waals surface area contributed by atoms with E-state index in [0.29, 0.717) is 31.1 Å². The van der Waals surface area contributed by atoms with Crippen LogP contribution in [0.15, 0.2) is 0 Å². The Labute approximate surface area is 208 Å². The van der Waals surface area contributed by atoms with Gasteiger partial charge in [0, 0.05) is 6.42 Å². The summed E-state index contributed by atoms with van der Waals surface area (Å²) in [5.74, 6) is 2.64. The Morgan fingerprint density at radius 1 is 1.03 bits per heavy atom. The molecule has 1 saturated heterocycles. The highest BCUT2D eigenvalue weighted by atomic mass is 16.7. The minimum Gasteiger partial charge on any atom is -0.462 e. The third-order valence-electron chi connectivity index (χ3n) is 12.0. The molecule has 0 aromatic rings. The molecule has 192 valence electrons. The molecule has 6 bridgehead atoms. The van der Waals surface area contributed by atoms with E-state index in [1.54, 1.807) is 0 Å². The zero-order chi connectivity index (χ0) is 24.3. The van der Waals surface area contributed by atoms with Crippen molar-refractivity contribution in [3.8, 4) is 0 Å². The Morgan fingerprint density at radius 3 is 2.54 bits per heavy atom. The third kappa shape index (κ3) is 3.03. The largest absolute Gasteiger partial charge is 0.462 e. The van der Waals surface area contributed by atoms with Crippen LogP contribution in [0.2, 0.25) is 0 Å². The first-order valence-corrected chi connectivity index (χ1v) is 14.4. The molecule has 35 heavy (non-hydrogen) atoms. The Bertz CT molecular complexity index is 961. The molecular weight excluding hydrogens is 444 g/mol. The van der Waals surface area contributed by atoms with E-state index in [1.807, 2.05) is 20.8 Å². The van der Waals surface area contributed by atoms with Gasteiger partial charge in [-0.2, -0.15) is 0 Å². The molecule has 6 nitrogen and oxygen atoms in total. The third-order valence-corrected chi connectivity index (χ3v) is 12.0. The lowest BCUT2D eigenvalue weighted by molar-refractivity contribution is -0.226. The fourth-order valence-corrected chi connectivity index (χ4v) is 10.6. The smallest absolute Gasteiger partial charge is 0.315 e. The van der Waals surface area contributed by atoms with E-state index in [4.69, 9.17) is 14.2 Å². The van der Waals surface area contributed by atoms with Crippen LogP contribution in [0.25, 0.3) is 0 Å². The molecule has 0 amide bonds. The molecule has 0 radical (unpaired) electrons. The van der Waals surface area contributed by atoms with Gasteiger partial charge < -0.3 is 14.2 Å². The molecule has 13 unspecified atom stereocenters. The molecule has 1 heterocycles. The molecule has 0 spiro atoms. The van der Waals surface area contributed by atoms with Crippen molar-refractivity contribution in [3.63, 3.8) is 0 Å². The second kappa shape index (κ2) is 7.47. The van der Waals surface area contributed by atoms with Crippen LogP contribution in [0.3, 0.4) is 0 Å². The summed E-state index contributed by atoms with van der Waals surface area (Å²) in [5, 5.41) is 0. The summed E-state index contributed by atoms with van der Waals surface area (Å²) in [6, 6.07) is 0. The number of rotatable bonds is 7. The number of hydrogen-bond acceptors (Lipinski definition) is 6. The van der Waals surface area contributed by atoms with Crippen molar-refractivity contribution in [3.05, 3.63) is 0 Å². The highest BCUT2D eigenvalue weighted by molar-refractivity contribution is 5.82. The summed E-state index contributed by atoms with van der Waals surface area (Å²) in [5.41, 5.74) is -0.513. The average molecular weight is 485 g/mol. The first-order chi connectivity index (χ1) is 16.7. The fourth-order valence-electron chi connectivity index (χ4n) is 10.6. The maximum absolute atomic E-state index is 13.2. The van der Waals surface area contributed by atoms with Crippen molar-refractivity contribution in [1.29, 1.82) is 0 Å². The first-order valence-electron chi connectivity index (χ1n) is 14.4. The van der Waals surface area contributed by atoms with Crippen LogP contribution in [0.1, 0.15) is 85.0 Å². The quantitative estimate of drug-likeness (QED) is 0.378. The Kier molecular flexibility index (Phi) is 4.82. The minimum atomic E-state index is -1.08. The summed E-state index contributed by atoms with van der Waals surface area (Å²) in [7, 11) is 0. The van der Waals surface area contributed by atoms with Crippen LogP contribution < -0.4 is 0 Å². The lowest BCUT2D eigenvalue weighted by Gasteiger charge is -2.38. The molecule has 6 heteroatoms. The van der Waals surface area contributed by atoms with Crippen LogP contribution in [0, 0.1) is 64.6 Å². The van der Waals surface area contributed by atoms with Gasteiger partial charge in [-0.15, -0.1) is 0 Å². The highest BCUT2D eigenvalue weighted by Crippen LogP contribution is 2.68. The summed E-state index contributed by atoms with van der Waals surface area (Å²) in [4.78, 5) is 38.9. The Balaban J connectivity index is 0.968. The predicted octanol–water partition coefficient (Wildman–Crippen LogP) is 4.89. The van der Waals surface area contributed by atoms with Gasteiger partial charge in [0.05, 0.1) is 23.2 Å². The van der Waals surface area contributed by atoms with E-state index in [9.17, 15) is 14.4 Å². The van der Waals surface area contributed by atoms with Crippen molar-refractivity contribution in [2.24, 2.45) is 64.6 Å². The van der Waals surface area contributed by atoms with Crippen LogP contribution in [-0.4, -0.2) is 29.8 Å². The molecule has 0 N–H and O–H groups in total. The molecular formula is C29H40O6. The second-order valence-electron chi connectivity index (χ2n) is 13.7. The normalized spacial score (nSPS) is 51.4. The molecule has 0 aromatic carbocycles. The molecule has 6 aliphatic carbocycles. The van der Waals surface area contributed by atoms with Crippen molar-refractivity contribution >= 4 is 17.9 Å². The fraction of sp³-hybridized carbons (Fsp3) is 0.897. The number of carbonyl (C=O) groups excluding carboxylic acids is 3. The van der Waals surface area contributed by atoms with E-state index in [0.717, 1.165) is 48.9 Å². The molecule has 0 aromatic heterocycles. The average Bonchev–Trinajstić information content (AvgIpc) is 3.64. The Hall–Kier alpha value is -1.59. The van der Waals surface area contributed by atoms with Crippen molar-refractivity contribution in [1.82, 2.24) is 0 Å². The van der Waals surface area contributed by atoms with Gasteiger partial charge in [-0.25, -0.2) is 0 Å². The summed E-state index contributed by atoms with van der Waals surface area (Å²) in [6.45, 7) is 5.80. The van der Waals surface area contributed by atoms with E-state index in [-0.39, 0.29) is 35.8 Å². The van der Waals surface area contributed by atoms with Crippen molar-refractivity contribution in [2.45, 2.75) is 96.9 Å². The predicted molar refractivity (Wildman–Crippen MR) is 125 cm³/mol. The SMILES string of the molecule is CCC(CC(C)C(=O)OC1CC2CC1C1C3CCC(C3)C21)C(=O)OC12CC3CC1C(C)(C3)C(=O)O2. The number of carbonyl (C=O) groups is 3. The van der Waals surface area contributed by atoms with Gasteiger partial charge in [0.15, 0.2) is 0 Å². The minimum absolute atomic E-state index is 0.0381. The molecule has 13 atom stereocenters. The van der Waals surface area contributed by atoms with Gasteiger partial charge in [0.1, 0.15) is 6.10 Å². The van der Waals surface area contributed by atoms with Gasteiger partial charge in [-0.1, -0.05) is 13.8 Å². The van der Waals surface area contributed by atoms with Crippen LogP contribution in [0.4, 0.5) is 0 Å². The van der Waals surface area contributed by atoms with Crippen LogP contribution in [0.5, 0.6) is 0 Å². The number of hydrogen-bond donors (Lipinski definition) is 0. The molecule has 6 saturated carbocycles. The number of esters is 3. The van der Waals surface area contributed by atoms with E-state index >= 15 is 0 Å². The maximum atomic E-state index is 13.2. The highest BCUT2D eigenvalue weighted by Gasteiger charge is 2.74. The standard InChI is InChI=1S/C29H40O6/c1-4-16(26(31)34-29-13-15-8-22(29)28(3,12-15)27(32)35-29)7-14(2)25(30)33-21-11-19-10-20(21)24-18-6-5-17(9-18)23(19)24/h14-24H,4-13H2,1-3H3. The zero-order valence-electron chi connectivity index (χ0n) is 21.4. The van der Waals surface area contributed by atoms with Gasteiger partial charge in [-0.3, -0.25) is 14.4 Å². The van der Waals surface area contributed by atoms with Crippen LogP contribution >= 0.6 is 0 Å². The monoisotopic (exact) mass is 484 g/mol. The van der Waals surface area contributed by atoms with Crippen molar-refractivity contribution < 1.29 is 28.6 Å². The summed E-state index contributed by atoms with van der Waals surface area (Å²) in [6.07, 6.45) is 9.94. The topological polar surface area (TPSA) is 78.9 Å². The molecule has 7 aliphatic rings. The second-order valence-corrected chi connectivity index (χ2v) is 13.7. The molecule has 1 aliphatic heterocycles. The van der Waals surface area contributed by atoms with Gasteiger partial charge >= 0.3 is 17.9 Å². The van der Waals surface area contributed by atoms with E-state index in [2.05, 4.69) is 0 Å². The number of fused-ring (bicyclic) bond motifs is 10. The summed E-state index contributed by atoms with van der Waals surface area (Å²) >= 11 is 0. The first kappa shape index (κ1) is 22.6. The number of ether oxygens (including phenoxy) is 3. The van der Waals surface area contributed by atoms with E-state index < -0.39 is 17.1 Å². The van der Waals surface area contributed by atoms with Crippen molar-refractivity contribution in [2.75, 3.05) is 0 Å². The van der Waals surface area contributed by atoms with E-state index in [1.165, 1.54) is 25.7 Å². The lowest BCUT2D eigenvalue weighted by Crippen LogP contribution is -2.43. The molecule has 7 rings (SSSR count). The maximum Gasteiger partial charge on any atom is 0.315 e. The van der Waals surface area contributed by atoms with Gasteiger partial charge in [-0.05, 0) is 106 Å². The summed E-state index contributed by atoms with van der Waals surface area (Å²) < 4.78 is 17.9. The molecule has 7 fully saturated rings. The zero-order valence-corrected chi connectivity index (χ0v) is 21.4. The Morgan fingerprint density at radius 2 is 1.80 bits per heavy atom. The van der Waals surface area contributed by atoms with Crippen LogP contribution in [-0.2, 0) is 28.6 Å². The van der Waals surface area contributed by atoms with Gasteiger partial charge in [0.2, 0.25) is 0 Å².